The van der Waals surface area contributed by atoms with Gasteiger partial charge in [0.1, 0.15) is 6.04 Å². The van der Waals surface area contributed by atoms with Gasteiger partial charge in [-0.1, -0.05) is 24.3 Å². The van der Waals surface area contributed by atoms with E-state index >= 15 is 0 Å². The first-order chi connectivity index (χ1) is 22.8. The van der Waals surface area contributed by atoms with Crippen LogP contribution in [-0.4, -0.2) is 74.5 Å². The number of hydrogen-bond acceptors (Lipinski definition) is 11. The molecule has 4 amide bonds. The van der Waals surface area contributed by atoms with Crippen molar-refractivity contribution in [3.8, 4) is 0 Å². The van der Waals surface area contributed by atoms with Crippen LogP contribution in [0.2, 0.25) is 0 Å². The molecule has 0 bridgehead atoms. The van der Waals surface area contributed by atoms with Crippen LogP contribution >= 0.6 is 0 Å². The quantitative estimate of drug-likeness (QED) is 0.115. The van der Waals surface area contributed by atoms with Crippen LogP contribution in [0.1, 0.15) is 67.1 Å². The predicted molar refractivity (Wildman–Crippen MR) is 157 cm³/mol. The Hall–Kier alpha value is -6.44. The third-order valence-electron chi connectivity index (χ3n) is 9.12. The summed E-state index contributed by atoms with van der Waals surface area (Å²) in [5.41, 5.74) is 0.0297. The molecule has 2 aliphatic rings. The number of amides is 4. The molecule has 14 heteroatoms. The topological polar surface area (TPSA) is 232 Å². The van der Waals surface area contributed by atoms with Crippen molar-refractivity contribution in [2.24, 2.45) is 0 Å². The summed E-state index contributed by atoms with van der Waals surface area (Å²) in [6, 6.07) is 8.37. The molecule has 2 heterocycles. The highest BCUT2D eigenvalue weighted by Crippen LogP contribution is 2.46. The zero-order valence-electron chi connectivity index (χ0n) is 24.4. The van der Waals surface area contributed by atoms with E-state index in [1.807, 2.05) is 0 Å². The smallest absolute Gasteiger partial charge is 0.326 e. The molecule has 5 aromatic rings. The van der Waals surface area contributed by atoms with Gasteiger partial charge in [-0.3, -0.25) is 29.0 Å². The summed E-state index contributed by atoms with van der Waals surface area (Å²) in [6.07, 6.45) is -2.61. The number of fused-ring (bicyclic) bond motifs is 2. The molecule has 14 nitrogen and oxygen atoms in total. The second-order valence-electron chi connectivity index (χ2n) is 11.6. The molecule has 0 saturated heterocycles. The fraction of sp³-hybridized carbons (Fsp3) is 0.176. The molecule has 5 aromatic carbocycles. The fourth-order valence-electron chi connectivity index (χ4n) is 7.10. The van der Waals surface area contributed by atoms with Gasteiger partial charge in [-0.05, 0) is 82.3 Å². The van der Waals surface area contributed by atoms with Crippen LogP contribution in [0.3, 0.4) is 0 Å². The molecule has 1 N–H and O–H groups in total. The molecular formula is C34H19N2O12-3. The number of nitrogens with zero attached hydrogens (tertiary/aromatic N) is 2. The number of hydrogen-bond donors (Lipinski definition) is 1. The van der Waals surface area contributed by atoms with Crippen molar-refractivity contribution >= 4 is 90.6 Å². The highest BCUT2D eigenvalue weighted by Gasteiger charge is 2.42. The van der Waals surface area contributed by atoms with Gasteiger partial charge < -0.3 is 34.8 Å². The molecule has 0 radical (unpaired) electrons. The van der Waals surface area contributed by atoms with E-state index in [0.29, 0.717) is 42.1 Å². The van der Waals surface area contributed by atoms with Crippen LogP contribution in [0.4, 0.5) is 0 Å². The number of carboxylic acid groups (broad SMARTS) is 4. The number of imide groups is 2. The van der Waals surface area contributed by atoms with Crippen molar-refractivity contribution in [2.45, 2.75) is 37.8 Å². The van der Waals surface area contributed by atoms with E-state index in [-0.39, 0.29) is 33.0 Å². The number of aliphatic carboxylic acids is 4. The molecule has 0 aromatic heterocycles. The first-order valence-electron chi connectivity index (χ1n) is 14.6. The maximum Gasteiger partial charge on any atom is 0.326 e. The standard InChI is InChI=1S/C34H22N2O12/c37-23(38)11-9-21(33(45)46)35-29(41)17-5-1-13-14-2-6-19-28-20(32(44)36(31(19)43)22(34(47)48)10-12-24(39)40)8-4-16(26(14)28)15-3-7-18(30(35)42)27(17)25(13)15/h1-8,21-22H,9-12H2,(H,37,38)(H,39,40)(H,45,46)(H,47,48)/p-3/t21-,22+. The molecule has 48 heavy (non-hydrogen) atoms. The normalized spacial score (nSPS) is 15.6. The highest BCUT2D eigenvalue weighted by molar-refractivity contribution is 6.41. The van der Waals surface area contributed by atoms with Crippen LogP contribution in [0.5, 0.6) is 0 Å². The van der Waals surface area contributed by atoms with Gasteiger partial charge in [0.25, 0.3) is 23.6 Å². The summed E-state index contributed by atoms with van der Waals surface area (Å²) in [5, 5.41) is 47.5. The Bertz CT molecular complexity index is 2090. The summed E-state index contributed by atoms with van der Waals surface area (Å²) in [5.74, 6) is -10.2. The first kappa shape index (κ1) is 30.2. The van der Waals surface area contributed by atoms with Gasteiger partial charge >= 0.3 is 5.97 Å². The van der Waals surface area contributed by atoms with Gasteiger partial charge in [0, 0.05) is 45.0 Å². The van der Waals surface area contributed by atoms with E-state index in [9.17, 15) is 58.8 Å². The lowest BCUT2D eigenvalue weighted by Gasteiger charge is -2.35. The SMILES string of the molecule is O=C([O-])CC[C@H](C(=O)O)N1C(=O)c2ccc3c4ccc5c6c(ccc(c7ccc(c2c37)C1=O)c64)C(=O)N([C@@H](CCC(=O)[O-])C(=O)[O-])C5=O. The van der Waals surface area contributed by atoms with Crippen molar-refractivity contribution in [3.05, 3.63) is 70.8 Å². The number of carbonyl (C=O) groups excluding carboxylic acids is 7. The fourth-order valence-corrected chi connectivity index (χ4v) is 7.10. The molecule has 0 unspecified atom stereocenters. The van der Waals surface area contributed by atoms with E-state index in [1.54, 1.807) is 24.3 Å². The number of carbonyl (C=O) groups is 8. The van der Waals surface area contributed by atoms with Crippen LogP contribution in [0, 0.1) is 0 Å². The summed E-state index contributed by atoms with van der Waals surface area (Å²) in [7, 11) is 0. The van der Waals surface area contributed by atoms with Gasteiger partial charge in [-0.15, -0.1) is 0 Å². The van der Waals surface area contributed by atoms with Gasteiger partial charge in [0.2, 0.25) is 0 Å². The summed E-state index contributed by atoms with van der Waals surface area (Å²) in [4.78, 5) is 102. The molecule has 240 valence electrons. The molecule has 0 aliphatic carbocycles. The number of carboxylic acids is 4. The monoisotopic (exact) mass is 647 g/mol. The van der Waals surface area contributed by atoms with Crippen LogP contribution in [-0.2, 0) is 19.2 Å². The van der Waals surface area contributed by atoms with E-state index < -0.39 is 85.3 Å². The van der Waals surface area contributed by atoms with Crippen molar-refractivity contribution in [1.82, 2.24) is 9.80 Å². The van der Waals surface area contributed by atoms with Gasteiger partial charge in [0.15, 0.2) is 0 Å². The zero-order valence-corrected chi connectivity index (χ0v) is 24.4. The van der Waals surface area contributed by atoms with Crippen molar-refractivity contribution in [1.29, 1.82) is 0 Å². The third kappa shape index (κ3) is 4.11. The lowest BCUT2D eigenvalue weighted by atomic mass is 9.82. The molecule has 2 aliphatic heterocycles. The summed E-state index contributed by atoms with van der Waals surface area (Å²) in [6.45, 7) is 0. The maximum absolute atomic E-state index is 13.7. The molecular weight excluding hydrogens is 628 g/mol. The van der Waals surface area contributed by atoms with Crippen LogP contribution in [0.25, 0.3) is 43.1 Å². The Morgan fingerprint density at radius 2 is 0.833 bits per heavy atom. The van der Waals surface area contributed by atoms with E-state index in [0.717, 1.165) is 0 Å². The van der Waals surface area contributed by atoms with E-state index in [4.69, 9.17) is 0 Å². The molecule has 2 atom stereocenters. The number of benzene rings is 5. The molecule has 0 fully saturated rings. The summed E-state index contributed by atoms with van der Waals surface area (Å²) < 4.78 is 0. The minimum Gasteiger partial charge on any atom is -0.550 e. The largest absolute Gasteiger partial charge is 0.550 e. The average Bonchev–Trinajstić information content (AvgIpc) is 3.04. The Balaban J connectivity index is 1.44. The Kier molecular flexibility index (Phi) is 6.64. The predicted octanol–water partition coefficient (Wildman–Crippen LogP) is -0.439. The third-order valence-corrected chi connectivity index (χ3v) is 9.12. The Morgan fingerprint density at radius 3 is 1.12 bits per heavy atom. The zero-order chi connectivity index (χ0) is 34.3. The van der Waals surface area contributed by atoms with Crippen molar-refractivity contribution in [3.63, 3.8) is 0 Å². The second kappa shape index (κ2) is 10.6. The van der Waals surface area contributed by atoms with E-state index in [2.05, 4.69) is 0 Å². The molecule has 7 rings (SSSR count). The Morgan fingerprint density at radius 1 is 0.521 bits per heavy atom. The summed E-state index contributed by atoms with van der Waals surface area (Å²) >= 11 is 0. The maximum atomic E-state index is 13.7. The lowest BCUT2D eigenvalue weighted by molar-refractivity contribution is -0.312. The minimum atomic E-state index is -1.87. The van der Waals surface area contributed by atoms with Crippen molar-refractivity contribution in [2.75, 3.05) is 0 Å². The Labute approximate surface area is 267 Å². The first-order valence-corrected chi connectivity index (χ1v) is 14.6. The second-order valence-corrected chi connectivity index (χ2v) is 11.6. The van der Waals surface area contributed by atoms with Gasteiger partial charge in [-0.25, -0.2) is 4.79 Å². The highest BCUT2D eigenvalue weighted by atomic mass is 16.4. The van der Waals surface area contributed by atoms with Gasteiger partial charge in [0.05, 0.1) is 12.0 Å². The average molecular weight is 648 g/mol. The minimum absolute atomic E-state index is 0.00350. The van der Waals surface area contributed by atoms with Gasteiger partial charge in [-0.2, -0.15) is 0 Å². The molecule has 0 spiro atoms. The molecule has 0 saturated carbocycles. The van der Waals surface area contributed by atoms with Crippen LogP contribution in [0.15, 0.2) is 48.5 Å². The van der Waals surface area contributed by atoms with Crippen molar-refractivity contribution < 1.29 is 58.8 Å². The number of rotatable bonds is 10. The lowest BCUT2D eigenvalue weighted by Crippen LogP contribution is -2.54. The van der Waals surface area contributed by atoms with E-state index in [1.165, 1.54) is 24.3 Å². The van der Waals surface area contributed by atoms with Crippen LogP contribution < -0.4 is 15.3 Å².